The largest absolute Gasteiger partial charge is 0.309 e. The Bertz CT molecular complexity index is 2610. The van der Waals surface area contributed by atoms with Crippen molar-refractivity contribution in [3.05, 3.63) is 121 Å². The number of fused-ring (bicyclic) bond motifs is 13. The Hall–Kier alpha value is -4.86. The van der Waals surface area contributed by atoms with Gasteiger partial charge in [-0.05, 0) is 42.5 Å². The molecule has 39 heavy (non-hydrogen) atoms. The molecule has 0 radical (unpaired) electrons. The van der Waals surface area contributed by atoms with Crippen molar-refractivity contribution < 1.29 is 0 Å². The number of para-hydroxylation sites is 3. The summed E-state index contributed by atoms with van der Waals surface area (Å²) in [5.41, 5.74) is 7.54. The second kappa shape index (κ2) is 6.96. The maximum Gasteiger partial charge on any atom is 0.0620 e. The van der Waals surface area contributed by atoms with Crippen LogP contribution >= 0.6 is 11.3 Å². The zero-order valence-electron chi connectivity index (χ0n) is 20.8. The van der Waals surface area contributed by atoms with E-state index in [1.54, 1.807) is 0 Å². The average molecular weight is 513 g/mol. The smallest absolute Gasteiger partial charge is 0.0620 e. The third kappa shape index (κ3) is 2.38. The number of hydrogen-bond acceptors (Lipinski definition) is 1. The summed E-state index contributed by atoms with van der Waals surface area (Å²) in [6, 6.07) is 44.8. The third-order valence-corrected chi connectivity index (χ3v) is 9.78. The van der Waals surface area contributed by atoms with E-state index >= 15 is 0 Å². The van der Waals surface area contributed by atoms with Gasteiger partial charge in [-0.1, -0.05) is 78.9 Å². The molecule has 0 aliphatic carbocycles. The minimum atomic E-state index is 1.19. The Morgan fingerprint density at radius 2 is 1.10 bits per heavy atom. The van der Waals surface area contributed by atoms with Gasteiger partial charge in [0, 0.05) is 58.2 Å². The first-order valence-electron chi connectivity index (χ1n) is 13.4. The Morgan fingerprint density at radius 1 is 0.410 bits per heavy atom. The van der Waals surface area contributed by atoms with Crippen LogP contribution in [-0.4, -0.2) is 8.97 Å². The topological polar surface area (TPSA) is 9.34 Å². The normalized spacial score (nSPS) is 12.6. The van der Waals surface area contributed by atoms with Crippen LogP contribution in [0.3, 0.4) is 0 Å². The van der Waals surface area contributed by atoms with Gasteiger partial charge in [-0.15, -0.1) is 11.3 Å². The standard InChI is InChI=1S/C36H20N2S/c1-4-13-28-22(8-1)24-11-7-12-25-23-17-16-21(20-31(23)38(28)36(24)25)37-29-14-5-2-9-26(29)34-30(37)18-19-33-35(34)27-10-3-6-15-32(27)39-33/h1-20H. The van der Waals surface area contributed by atoms with Crippen LogP contribution in [-0.2, 0) is 0 Å². The number of thiophene rings is 1. The van der Waals surface area contributed by atoms with E-state index in [2.05, 4.69) is 130 Å². The number of rotatable bonds is 1. The van der Waals surface area contributed by atoms with Crippen LogP contribution < -0.4 is 0 Å². The molecule has 180 valence electrons. The molecule has 6 aromatic carbocycles. The van der Waals surface area contributed by atoms with E-state index in [0.717, 1.165) is 0 Å². The van der Waals surface area contributed by atoms with Gasteiger partial charge in [-0.2, -0.15) is 0 Å². The highest BCUT2D eigenvalue weighted by Crippen LogP contribution is 2.44. The molecule has 0 fully saturated rings. The molecular weight excluding hydrogens is 492 g/mol. The van der Waals surface area contributed by atoms with Gasteiger partial charge >= 0.3 is 0 Å². The summed E-state index contributed by atoms with van der Waals surface area (Å²) in [7, 11) is 0. The first kappa shape index (κ1) is 20.1. The lowest BCUT2D eigenvalue weighted by Gasteiger charge is -2.09. The summed E-state index contributed by atoms with van der Waals surface area (Å²) >= 11 is 1.89. The van der Waals surface area contributed by atoms with Gasteiger partial charge < -0.3 is 8.97 Å². The molecule has 10 aromatic rings. The van der Waals surface area contributed by atoms with Gasteiger partial charge in [0.2, 0.25) is 0 Å². The summed E-state index contributed by atoms with van der Waals surface area (Å²) in [4.78, 5) is 0. The first-order chi connectivity index (χ1) is 19.4. The number of hydrogen-bond donors (Lipinski definition) is 0. The molecule has 0 saturated carbocycles. The summed E-state index contributed by atoms with van der Waals surface area (Å²) in [5.74, 6) is 0. The fourth-order valence-corrected chi connectivity index (χ4v) is 8.22. The molecule has 0 amide bonds. The lowest BCUT2D eigenvalue weighted by molar-refractivity contribution is 1.18. The Balaban J connectivity index is 1.39. The molecule has 3 heteroatoms. The highest BCUT2D eigenvalue weighted by Gasteiger charge is 2.20. The minimum absolute atomic E-state index is 1.19. The fraction of sp³-hybridized carbons (Fsp3) is 0. The van der Waals surface area contributed by atoms with Crippen molar-refractivity contribution in [2.24, 2.45) is 0 Å². The number of nitrogens with zero attached hydrogens (tertiary/aromatic N) is 2. The van der Waals surface area contributed by atoms with E-state index in [-0.39, 0.29) is 0 Å². The van der Waals surface area contributed by atoms with E-state index in [0.29, 0.717) is 0 Å². The zero-order valence-corrected chi connectivity index (χ0v) is 21.7. The lowest BCUT2D eigenvalue weighted by atomic mass is 10.1. The maximum absolute atomic E-state index is 2.47. The monoisotopic (exact) mass is 512 g/mol. The Labute approximate surface area is 226 Å². The molecule has 0 aliphatic rings. The van der Waals surface area contributed by atoms with Gasteiger partial charge in [0.25, 0.3) is 0 Å². The first-order valence-corrected chi connectivity index (χ1v) is 14.2. The van der Waals surface area contributed by atoms with Crippen molar-refractivity contribution >= 4 is 91.4 Å². The number of benzene rings is 6. The Morgan fingerprint density at radius 3 is 1.97 bits per heavy atom. The van der Waals surface area contributed by atoms with Crippen molar-refractivity contribution in [2.75, 3.05) is 0 Å². The average Bonchev–Trinajstić information content (AvgIpc) is 3.72. The lowest BCUT2D eigenvalue weighted by Crippen LogP contribution is -1.94. The van der Waals surface area contributed by atoms with E-state index in [1.807, 2.05) is 11.3 Å². The van der Waals surface area contributed by atoms with Crippen molar-refractivity contribution in [3.63, 3.8) is 0 Å². The highest BCUT2D eigenvalue weighted by molar-refractivity contribution is 7.26. The fourth-order valence-electron chi connectivity index (χ4n) is 7.11. The molecule has 4 aromatic heterocycles. The van der Waals surface area contributed by atoms with Gasteiger partial charge in [-0.3, -0.25) is 0 Å². The number of aromatic nitrogens is 2. The van der Waals surface area contributed by atoms with Gasteiger partial charge in [0.05, 0.1) is 27.6 Å². The van der Waals surface area contributed by atoms with Crippen molar-refractivity contribution in [2.45, 2.75) is 0 Å². The van der Waals surface area contributed by atoms with Crippen LogP contribution in [0, 0.1) is 0 Å². The van der Waals surface area contributed by atoms with Crippen LogP contribution in [0.25, 0.3) is 85.8 Å². The highest BCUT2D eigenvalue weighted by atomic mass is 32.1. The predicted octanol–water partition coefficient (Wildman–Crippen LogP) is 10.3. The summed E-state index contributed by atoms with van der Waals surface area (Å²) < 4.78 is 7.62. The molecular formula is C36H20N2S. The van der Waals surface area contributed by atoms with Crippen molar-refractivity contribution in [3.8, 4) is 5.69 Å². The predicted molar refractivity (Wildman–Crippen MR) is 168 cm³/mol. The molecule has 0 unspecified atom stereocenters. The van der Waals surface area contributed by atoms with Crippen LogP contribution in [0.1, 0.15) is 0 Å². The van der Waals surface area contributed by atoms with E-state index in [4.69, 9.17) is 0 Å². The Kier molecular flexibility index (Phi) is 3.59. The van der Waals surface area contributed by atoms with E-state index in [1.165, 1.54) is 85.8 Å². The zero-order chi connectivity index (χ0) is 25.2. The van der Waals surface area contributed by atoms with E-state index in [9.17, 15) is 0 Å². The molecule has 0 saturated heterocycles. The van der Waals surface area contributed by atoms with Crippen LogP contribution in [0.4, 0.5) is 0 Å². The summed E-state index contributed by atoms with van der Waals surface area (Å²) in [6.45, 7) is 0. The third-order valence-electron chi connectivity index (χ3n) is 8.64. The maximum atomic E-state index is 2.47. The molecule has 0 aliphatic heterocycles. The van der Waals surface area contributed by atoms with Crippen molar-refractivity contribution in [1.82, 2.24) is 8.97 Å². The van der Waals surface area contributed by atoms with E-state index < -0.39 is 0 Å². The van der Waals surface area contributed by atoms with Crippen LogP contribution in [0.15, 0.2) is 121 Å². The molecule has 2 nitrogen and oxygen atoms in total. The minimum Gasteiger partial charge on any atom is -0.309 e. The summed E-state index contributed by atoms with van der Waals surface area (Å²) in [5, 5.41) is 10.6. The second-order valence-electron chi connectivity index (χ2n) is 10.5. The molecule has 0 N–H and O–H groups in total. The molecule has 0 spiro atoms. The second-order valence-corrected chi connectivity index (χ2v) is 11.6. The molecule has 4 heterocycles. The molecule has 10 rings (SSSR count). The van der Waals surface area contributed by atoms with Crippen LogP contribution in [0.5, 0.6) is 0 Å². The molecule has 0 atom stereocenters. The summed E-state index contributed by atoms with van der Waals surface area (Å²) in [6.07, 6.45) is 0. The quantitative estimate of drug-likeness (QED) is 0.207. The SMILES string of the molecule is c1ccc2c(c1)sc1ccc3c(c4ccccc4n3-c3ccc4c5cccc6c7ccccc7n(c4c3)c65)c12. The molecule has 0 bridgehead atoms. The van der Waals surface area contributed by atoms with Gasteiger partial charge in [0.15, 0.2) is 0 Å². The van der Waals surface area contributed by atoms with Gasteiger partial charge in [0.1, 0.15) is 0 Å². The van der Waals surface area contributed by atoms with Crippen molar-refractivity contribution in [1.29, 1.82) is 0 Å². The van der Waals surface area contributed by atoms with Crippen LogP contribution in [0.2, 0.25) is 0 Å². The van der Waals surface area contributed by atoms with Gasteiger partial charge in [-0.25, -0.2) is 0 Å².